The van der Waals surface area contributed by atoms with Gasteiger partial charge >= 0.3 is 11.9 Å². The van der Waals surface area contributed by atoms with Crippen molar-refractivity contribution in [3.8, 4) is 11.5 Å². The molecule has 0 fully saturated rings. The largest absolute Gasteiger partial charge is 0.485 e. The van der Waals surface area contributed by atoms with Crippen molar-refractivity contribution in [2.24, 2.45) is 0 Å². The quantitative estimate of drug-likeness (QED) is 0.380. The summed E-state index contributed by atoms with van der Waals surface area (Å²) in [4.78, 5) is 25.4. The number of hydrogen-bond acceptors (Lipinski definition) is 8. The van der Waals surface area contributed by atoms with Crippen LogP contribution in [0.5, 0.6) is 11.5 Å². The fourth-order valence-corrected chi connectivity index (χ4v) is 2.82. The third-order valence-corrected chi connectivity index (χ3v) is 4.18. The number of aromatic nitrogens is 1. The maximum absolute atomic E-state index is 12.7. The third kappa shape index (κ3) is 5.52. The average Bonchev–Trinajstić information content (AvgIpc) is 3.06. The van der Waals surface area contributed by atoms with Crippen LogP contribution in [0.4, 0.5) is 0 Å². The number of esters is 2. The number of ether oxygens (including phenoxy) is 6. The van der Waals surface area contributed by atoms with Crippen molar-refractivity contribution in [1.82, 2.24) is 4.57 Å². The lowest BCUT2D eigenvalue weighted by atomic mass is 10.2. The molecule has 0 aliphatic rings. The molecule has 0 amide bonds. The second-order valence-electron chi connectivity index (χ2n) is 6.09. The Morgan fingerprint density at radius 3 is 1.60 bits per heavy atom. The van der Waals surface area contributed by atoms with Gasteiger partial charge in [-0.15, -0.1) is 0 Å². The van der Waals surface area contributed by atoms with E-state index in [0.717, 1.165) is 5.56 Å². The Bertz CT molecular complexity index is 784. The number of carbonyl (C=O) groups is 2. The summed E-state index contributed by atoms with van der Waals surface area (Å²) in [5.41, 5.74) is 0.949. The highest BCUT2D eigenvalue weighted by Crippen LogP contribution is 2.40. The summed E-state index contributed by atoms with van der Waals surface area (Å²) in [6.07, 6.45) is 0. The summed E-state index contributed by atoms with van der Waals surface area (Å²) >= 11 is 0. The van der Waals surface area contributed by atoms with E-state index in [4.69, 9.17) is 28.4 Å². The van der Waals surface area contributed by atoms with Crippen LogP contribution in [0.2, 0.25) is 0 Å². The number of carbonyl (C=O) groups excluding carboxylic acids is 2. The highest BCUT2D eigenvalue weighted by Gasteiger charge is 2.34. The summed E-state index contributed by atoms with van der Waals surface area (Å²) in [6, 6.07) is 9.35. The second-order valence-corrected chi connectivity index (χ2v) is 6.09. The first-order chi connectivity index (χ1) is 14.6. The molecule has 2 aromatic rings. The fraction of sp³-hybridized carbons (Fsp3) is 0.429. The summed E-state index contributed by atoms with van der Waals surface area (Å²) < 4.78 is 33.1. The Morgan fingerprint density at radius 2 is 1.20 bits per heavy atom. The summed E-state index contributed by atoms with van der Waals surface area (Å²) in [5, 5.41) is 0. The van der Waals surface area contributed by atoms with Crippen molar-refractivity contribution in [1.29, 1.82) is 0 Å². The van der Waals surface area contributed by atoms with Crippen molar-refractivity contribution in [3.63, 3.8) is 0 Å². The van der Waals surface area contributed by atoms with E-state index in [2.05, 4.69) is 0 Å². The highest BCUT2D eigenvalue weighted by atomic mass is 16.6. The monoisotopic (exact) mass is 421 g/mol. The van der Waals surface area contributed by atoms with Crippen molar-refractivity contribution in [3.05, 3.63) is 47.3 Å². The molecule has 9 heteroatoms. The molecule has 0 aliphatic heterocycles. The van der Waals surface area contributed by atoms with Gasteiger partial charge in [0.25, 0.3) is 0 Å². The number of benzene rings is 1. The molecular formula is C21H27NO8. The van der Waals surface area contributed by atoms with E-state index in [9.17, 15) is 9.59 Å². The molecule has 1 aromatic heterocycles. The average molecular weight is 421 g/mol. The molecule has 2 rings (SSSR count). The van der Waals surface area contributed by atoms with Gasteiger partial charge in [0.15, 0.2) is 22.9 Å². The molecule has 30 heavy (non-hydrogen) atoms. The van der Waals surface area contributed by atoms with E-state index in [1.807, 2.05) is 30.3 Å². The Morgan fingerprint density at radius 1 is 0.733 bits per heavy atom. The summed E-state index contributed by atoms with van der Waals surface area (Å²) in [7, 11) is 5.57. The molecule has 1 aromatic carbocycles. The first-order valence-electron chi connectivity index (χ1n) is 9.29. The predicted molar refractivity (Wildman–Crippen MR) is 107 cm³/mol. The topological polar surface area (TPSA) is 94.5 Å². The Kier molecular flexibility index (Phi) is 9.17. The predicted octanol–water partition coefficient (Wildman–Crippen LogP) is 2.16. The van der Waals surface area contributed by atoms with Crippen molar-refractivity contribution in [2.75, 3.05) is 54.9 Å². The minimum atomic E-state index is -0.676. The SMILES string of the molecule is COCCOc1c(OCCOC)c(C(=O)OC)n(Cc2ccccc2)c1C(=O)OC. The molecule has 164 valence electrons. The van der Waals surface area contributed by atoms with Crippen molar-refractivity contribution < 1.29 is 38.0 Å². The van der Waals surface area contributed by atoms with E-state index in [1.54, 1.807) is 0 Å². The van der Waals surface area contributed by atoms with Crippen molar-refractivity contribution >= 4 is 11.9 Å². The molecule has 0 bridgehead atoms. The van der Waals surface area contributed by atoms with Crippen LogP contribution >= 0.6 is 0 Å². The van der Waals surface area contributed by atoms with Crippen LogP contribution in [0.25, 0.3) is 0 Å². The standard InChI is InChI=1S/C21H27NO8/c1-25-10-12-29-18-16(20(23)27-3)22(14-15-8-6-5-7-9-15)17(21(24)28-4)19(18)30-13-11-26-2/h5-9H,10-14H2,1-4H3. The number of rotatable bonds is 12. The van der Waals surface area contributed by atoms with Gasteiger partial charge in [0.05, 0.1) is 27.4 Å². The molecule has 0 atom stereocenters. The van der Waals surface area contributed by atoms with Gasteiger partial charge in [-0.05, 0) is 5.56 Å². The van der Waals surface area contributed by atoms with Crippen LogP contribution in [0, 0.1) is 0 Å². The lowest BCUT2D eigenvalue weighted by Gasteiger charge is -2.12. The van der Waals surface area contributed by atoms with E-state index >= 15 is 0 Å². The highest BCUT2D eigenvalue weighted by molar-refractivity contribution is 5.99. The minimum absolute atomic E-state index is 0.0465. The van der Waals surface area contributed by atoms with Gasteiger partial charge in [-0.3, -0.25) is 0 Å². The fourth-order valence-electron chi connectivity index (χ4n) is 2.82. The Hall–Kier alpha value is -3.04. The first kappa shape index (κ1) is 23.2. The Balaban J connectivity index is 2.68. The van der Waals surface area contributed by atoms with E-state index < -0.39 is 11.9 Å². The zero-order chi connectivity index (χ0) is 21.9. The summed E-state index contributed by atoms with van der Waals surface area (Å²) in [5.74, 6) is -1.17. The van der Waals surface area contributed by atoms with E-state index in [-0.39, 0.29) is 55.9 Å². The van der Waals surface area contributed by atoms with Crippen LogP contribution < -0.4 is 9.47 Å². The van der Waals surface area contributed by atoms with Crippen LogP contribution in [0.3, 0.4) is 0 Å². The van der Waals surface area contributed by atoms with E-state index in [0.29, 0.717) is 0 Å². The molecule has 0 N–H and O–H groups in total. The minimum Gasteiger partial charge on any atom is -0.485 e. The molecule has 9 nitrogen and oxygen atoms in total. The third-order valence-electron chi connectivity index (χ3n) is 4.18. The molecule has 0 saturated heterocycles. The van der Waals surface area contributed by atoms with Gasteiger partial charge < -0.3 is 33.0 Å². The van der Waals surface area contributed by atoms with Gasteiger partial charge in [-0.2, -0.15) is 0 Å². The molecule has 0 unspecified atom stereocenters. The molecule has 0 saturated carbocycles. The maximum atomic E-state index is 12.7. The van der Waals surface area contributed by atoms with Gasteiger partial charge in [-0.1, -0.05) is 30.3 Å². The van der Waals surface area contributed by atoms with Crippen LogP contribution in [-0.4, -0.2) is 71.4 Å². The van der Waals surface area contributed by atoms with Crippen LogP contribution in [-0.2, 0) is 25.5 Å². The normalized spacial score (nSPS) is 10.5. The maximum Gasteiger partial charge on any atom is 0.358 e. The molecule has 0 aliphatic carbocycles. The summed E-state index contributed by atoms with van der Waals surface area (Å²) in [6.45, 7) is 1.02. The molecular weight excluding hydrogens is 394 g/mol. The van der Waals surface area contributed by atoms with Gasteiger partial charge in [-0.25, -0.2) is 9.59 Å². The molecule has 0 spiro atoms. The van der Waals surface area contributed by atoms with Crippen LogP contribution in [0.15, 0.2) is 30.3 Å². The van der Waals surface area contributed by atoms with Crippen LogP contribution in [0.1, 0.15) is 26.5 Å². The second kappa shape index (κ2) is 11.8. The van der Waals surface area contributed by atoms with Crippen molar-refractivity contribution in [2.45, 2.75) is 6.54 Å². The van der Waals surface area contributed by atoms with E-state index in [1.165, 1.54) is 33.0 Å². The lowest BCUT2D eigenvalue weighted by Crippen LogP contribution is -2.18. The first-order valence-corrected chi connectivity index (χ1v) is 9.29. The number of nitrogens with zero attached hydrogens (tertiary/aromatic N) is 1. The molecule has 1 heterocycles. The Labute approximate surface area is 175 Å². The number of methoxy groups -OCH3 is 4. The van der Waals surface area contributed by atoms with Gasteiger partial charge in [0.2, 0.25) is 0 Å². The lowest BCUT2D eigenvalue weighted by molar-refractivity contribution is 0.0574. The zero-order valence-electron chi connectivity index (χ0n) is 17.6. The molecule has 0 radical (unpaired) electrons. The van der Waals surface area contributed by atoms with Gasteiger partial charge in [0.1, 0.15) is 13.2 Å². The smallest absolute Gasteiger partial charge is 0.358 e. The van der Waals surface area contributed by atoms with Gasteiger partial charge in [0, 0.05) is 20.8 Å². The zero-order valence-corrected chi connectivity index (χ0v) is 17.6. The number of hydrogen-bond donors (Lipinski definition) is 0.